The summed E-state index contributed by atoms with van der Waals surface area (Å²) in [6, 6.07) is 13.1. The normalized spacial score (nSPS) is 13.7. The monoisotopic (exact) mass is 562 g/mol. The number of amides is 1. The van der Waals surface area contributed by atoms with Crippen molar-refractivity contribution >= 4 is 35.6 Å². The fourth-order valence-corrected chi connectivity index (χ4v) is 4.35. The molecule has 0 saturated carbocycles. The Labute approximate surface area is 235 Å². The summed E-state index contributed by atoms with van der Waals surface area (Å²) in [4.78, 5) is 15.4. The van der Waals surface area contributed by atoms with Crippen molar-refractivity contribution in [3.05, 3.63) is 70.0 Å². The molecule has 1 aliphatic heterocycles. The van der Waals surface area contributed by atoms with Gasteiger partial charge in [0.25, 0.3) is 5.91 Å². The molecule has 2 aromatic carbocycles. The molecule has 2 heterocycles. The van der Waals surface area contributed by atoms with Crippen LogP contribution in [0.4, 0.5) is 5.69 Å². The molecule has 3 aromatic rings. The molecule has 1 fully saturated rings. The van der Waals surface area contributed by atoms with Gasteiger partial charge in [-0.2, -0.15) is 5.10 Å². The van der Waals surface area contributed by atoms with E-state index in [4.69, 9.17) is 25.8 Å². The molecule has 1 aliphatic rings. The second-order valence-corrected chi connectivity index (χ2v) is 10.1. The van der Waals surface area contributed by atoms with Crippen molar-refractivity contribution in [2.24, 2.45) is 5.92 Å². The predicted octanol–water partition coefficient (Wildman–Crippen LogP) is 5.44. The summed E-state index contributed by atoms with van der Waals surface area (Å²) in [5.74, 6) is 1.62. The van der Waals surface area contributed by atoms with Crippen LogP contribution in [0.25, 0.3) is 0 Å². The number of hydrogen-bond acceptors (Lipinski definition) is 6. The number of nitrogens with zero attached hydrogens (tertiary/aromatic N) is 3. The van der Waals surface area contributed by atoms with Gasteiger partial charge in [-0.15, -0.1) is 12.4 Å². The number of carbonyl (C=O) groups is 1. The molecular formula is C28H36Cl2N4O4. The van der Waals surface area contributed by atoms with Crippen molar-refractivity contribution in [3.8, 4) is 11.5 Å². The number of aryl methyl sites for hydroxylation is 1. The van der Waals surface area contributed by atoms with Gasteiger partial charge in [0.15, 0.2) is 5.69 Å². The minimum absolute atomic E-state index is 0. The van der Waals surface area contributed by atoms with Crippen molar-refractivity contribution in [1.82, 2.24) is 14.7 Å². The summed E-state index contributed by atoms with van der Waals surface area (Å²) in [6.07, 6.45) is 0. The van der Waals surface area contributed by atoms with Crippen LogP contribution in [0.3, 0.4) is 0 Å². The van der Waals surface area contributed by atoms with Crippen LogP contribution < -0.4 is 14.8 Å². The highest BCUT2D eigenvalue weighted by Crippen LogP contribution is 2.27. The lowest BCUT2D eigenvalue weighted by Crippen LogP contribution is -2.35. The Bertz CT molecular complexity index is 1230. The van der Waals surface area contributed by atoms with E-state index < -0.39 is 0 Å². The van der Waals surface area contributed by atoms with E-state index in [1.54, 1.807) is 17.9 Å². The number of morpholine rings is 1. The van der Waals surface area contributed by atoms with Gasteiger partial charge in [0.2, 0.25) is 0 Å². The molecule has 4 rings (SSSR count). The zero-order valence-electron chi connectivity index (χ0n) is 22.3. The number of hydrogen-bond donors (Lipinski definition) is 1. The first kappa shape index (κ1) is 29.8. The Morgan fingerprint density at radius 2 is 1.84 bits per heavy atom. The van der Waals surface area contributed by atoms with Crippen molar-refractivity contribution in [2.75, 3.05) is 45.3 Å². The number of ether oxygens (including phenoxy) is 3. The smallest absolute Gasteiger partial charge is 0.276 e. The third-order valence-electron chi connectivity index (χ3n) is 6.17. The van der Waals surface area contributed by atoms with E-state index in [1.807, 2.05) is 43.3 Å². The maximum Gasteiger partial charge on any atom is 0.276 e. The molecule has 1 aromatic heterocycles. The first-order valence-electron chi connectivity index (χ1n) is 12.6. The molecule has 0 atom stereocenters. The number of halogens is 2. The maximum atomic E-state index is 13.0. The quantitative estimate of drug-likeness (QED) is 0.354. The topological polar surface area (TPSA) is 77.8 Å². The van der Waals surface area contributed by atoms with E-state index >= 15 is 0 Å². The highest BCUT2D eigenvalue weighted by Gasteiger charge is 2.17. The number of methoxy groups -OCH3 is 1. The van der Waals surface area contributed by atoms with Gasteiger partial charge in [-0.3, -0.25) is 14.4 Å². The van der Waals surface area contributed by atoms with Crippen molar-refractivity contribution in [2.45, 2.75) is 33.9 Å². The number of rotatable bonds is 10. The molecule has 10 heteroatoms. The number of carbonyl (C=O) groups excluding carboxylic acids is 1. The minimum atomic E-state index is -0.285. The molecule has 0 unspecified atom stereocenters. The minimum Gasteiger partial charge on any atom is -0.496 e. The zero-order valence-corrected chi connectivity index (χ0v) is 23.9. The molecule has 1 N–H and O–H groups in total. The third kappa shape index (κ3) is 7.86. The molecule has 38 heavy (non-hydrogen) atoms. The first-order valence-corrected chi connectivity index (χ1v) is 12.9. The number of nitrogens with one attached hydrogen (secondary N) is 1. The van der Waals surface area contributed by atoms with Crippen molar-refractivity contribution in [1.29, 1.82) is 0 Å². The van der Waals surface area contributed by atoms with E-state index in [0.717, 1.165) is 61.2 Å². The van der Waals surface area contributed by atoms with Crippen molar-refractivity contribution < 1.29 is 19.0 Å². The van der Waals surface area contributed by atoms with Gasteiger partial charge in [0.1, 0.15) is 11.5 Å². The average Bonchev–Trinajstić information content (AvgIpc) is 3.25. The second kappa shape index (κ2) is 13.8. The lowest BCUT2D eigenvalue weighted by Gasteiger charge is -2.27. The van der Waals surface area contributed by atoms with Crippen LogP contribution in [0.15, 0.2) is 42.5 Å². The maximum absolute atomic E-state index is 13.0. The summed E-state index contributed by atoms with van der Waals surface area (Å²) in [5, 5.41) is 8.13. The van der Waals surface area contributed by atoms with E-state index in [2.05, 4.69) is 29.2 Å². The Kier molecular flexibility index (Phi) is 10.8. The molecule has 0 bridgehead atoms. The van der Waals surface area contributed by atoms with Crippen LogP contribution in [-0.2, 0) is 17.8 Å². The predicted molar refractivity (Wildman–Crippen MR) is 152 cm³/mol. The molecular weight excluding hydrogens is 527 g/mol. The fourth-order valence-electron chi connectivity index (χ4n) is 4.16. The van der Waals surface area contributed by atoms with Crippen LogP contribution in [0.2, 0.25) is 5.02 Å². The van der Waals surface area contributed by atoms with Crippen molar-refractivity contribution in [3.63, 3.8) is 0 Å². The number of aromatic nitrogens is 2. The molecule has 206 valence electrons. The summed E-state index contributed by atoms with van der Waals surface area (Å²) >= 11 is 6.25. The van der Waals surface area contributed by atoms with Gasteiger partial charge in [-0.05, 0) is 43.2 Å². The largest absolute Gasteiger partial charge is 0.496 e. The van der Waals surface area contributed by atoms with E-state index in [1.165, 1.54) is 0 Å². The van der Waals surface area contributed by atoms with Crippen LogP contribution in [0, 0.1) is 12.8 Å². The van der Waals surface area contributed by atoms with Gasteiger partial charge in [-0.25, -0.2) is 0 Å². The Hall–Kier alpha value is -2.78. The summed E-state index contributed by atoms with van der Waals surface area (Å²) < 4.78 is 18.8. The zero-order chi connectivity index (χ0) is 26.4. The van der Waals surface area contributed by atoms with Gasteiger partial charge in [-0.1, -0.05) is 31.5 Å². The second-order valence-electron chi connectivity index (χ2n) is 9.65. The molecule has 0 aliphatic carbocycles. The number of anilines is 1. The van der Waals surface area contributed by atoms with Crippen LogP contribution >= 0.6 is 24.0 Å². The van der Waals surface area contributed by atoms with Crippen LogP contribution in [0.5, 0.6) is 11.5 Å². The summed E-state index contributed by atoms with van der Waals surface area (Å²) in [5.41, 5.74) is 3.82. The Morgan fingerprint density at radius 3 is 2.55 bits per heavy atom. The standard InChI is InChI=1S/C28H35ClN4O4.ClH/c1-19(2)18-37-26-8-6-23(29)14-22(26)17-33-20(3)13-25(31-33)28(34)30-24-7-5-21(27(15-24)35-4)16-32-9-11-36-12-10-32;/h5-8,13-15,19H,9-12,16-18H2,1-4H3,(H,30,34);1H. The SMILES string of the molecule is COc1cc(NC(=O)c2cc(C)n(Cc3cc(Cl)ccc3OCC(C)C)n2)ccc1CN1CCOCC1.Cl. The fraction of sp³-hybridized carbons (Fsp3) is 0.429. The van der Waals surface area contributed by atoms with Gasteiger partial charge < -0.3 is 19.5 Å². The lowest BCUT2D eigenvalue weighted by molar-refractivity contribution is 0.0339. The molecule has 8 nitrogen and oxygen atoms in total. The van der Waals surface area contributed by atoms with Crippen LogP contribution in [0.1, 0.15) is 41.2 Å². The average molecular weight is 564 g/mol. The number of benzene rings is 2. The molecule has 0 radical (unpaired) electrons. The highest BCUT2D eigenvalue weighted by molar-refractivity contribution is 6.30. The molecule has 1 amide bonds. The lowest BCUT2D eigenvalue weighted by atomic mass is 10.1. The van der Waals surface area contributed by atoms with Gasteiger partial charge in [0, 0.05) is 53.2 Å². The molecule has 0 spiro atoms. The van der Waals surface area contributed by atoms with Gasteiger partial charge >= 0.3 is 0 Å². The Balaban J connectivity index is 0.00000400. The van der Waals surface area contributed by atoms with E-state index in [9.17, 15) is 4.79 Å². The van der Waals surface area contributed by atoms with E-state index in [0.29, 0.717) is 35.5 Å². The molecule has 1 saturated heterocycles. The summed E-state index contributed by atoms with van der Waals surface area (Å²) in [7, 11) is 1.64. The summed E-state index contributed by atoms with van der Waals surface area (Å²) in [6.45, 7) is 11.2. The first-order chi connectivity index (χ1) is 17.8. The van der Waals surface area contributed by atoms with E-state index in [-0.39, 0.29) is 18.3 Å². The highest BCUT2D eigenvalue weighted by atomic mass is 35.5. The van der Waals surface area contributed by atoms with Crippen LogP contribution in [-0.4, -0.2) is 60.6 Å². The third-order valence-corrected chi connectivity index (χ3v) is 6.41. The van der Waals surface area contributed by atoms with Gasteiger partial charge in [0.05, 0.1) is 33.5 Å². The Morgan fingerprint density at radius 1 is 1.08 bits per heavy atom.